The Morgan fingerprint density at radius 2 is 1.21 bits per heavy atom. The predicted octanol–water partition coefficient (Wildman–Crippen LogP) is 4.18. The number of hydrogen-bond acceptors (Lipinski definition) is 4. The van der Waals surface area contributed by atoms with Crippen molar-refractivity contribution in [3.8, 4) is 0 Å². The van der Waals surface area contributed by atoms with Crippen LogP contribution in [-0.4, -0.2) is 27.1 Å². The van der Waals surface area contributed by atoms with Crippen LogP contribution < -0.4 is 0 Å². The molecular formula is C21H25NO4S2. The molecule has 0 heterocycles. The SMILES string of the molecule is Cc1ccc(S(=O)(=O)N(CC2=CCCCC2)S(=O)(=O)c2ccc(C)cc2)cc1. The Labute approximate surface area is 167 Å². The molecule has 0 aromatic heterocycles. The minimum atomic E-state index is -4.23. The van der Waals surface area contributed by atoms with Crippen molar-refractivity contribution in [2.45, 2.75) is 49.3 Å². The van der Waals surface area contributed by atoms with E-state index in [4.69, 9.17) is 0 Å². The van der Waals surface area contributed by atoms with E-state index in [9.17, 15) is 16.8 Å². The van der Waals surface area contributed by atoms with Gasteiger partial charge in [-0.05, 0) is 63.8 Å². The second kappa shape index (κ2) is 8.19. The fraction of sp³-hybridized carbons (Fsp3) is 0.333. The summed E-state index contributed by atoms with van der Waals surface area (Å²) < 4.78 is 54.0. The van der Waals surface area contributed by atoms with Gasteiger partial charge >= 0.3 is 0 Å². The first kappa shape index (κ1) is 20.8. The largest absolute Gasteiger partial charge is 0.256 e. The van der Waals surface area contributed by atoms with Crippen molar-refractivity contribution >= 4 is 20.0 Å². The topological polar surface area (TPSA) is 71.5 Å². The van der Waals surface area contributed by atoms with Crippen LogP contribution in [0.1, 0.15) is 36.8 Å². The molecule has 2 aromatic rings. The van der Waals surface area contributed by atoms with Gasteiger partial charge in [0.1, 0.15) is 0 Å². The summed E-state index contributed by atoms with van der Waals surface area (Å²) in [4.78, 5) is -0.0459. The number of sulfonamides is 2. The zero-order valence-electron chi connectivity index (χ0n) is 16.1. The molecule has 150 valence electrons. The van der Waals surface area contributed by atoms with Gasteiger partial charge in [-0.2, -0.15) is 0 Å². The van der Waals surface area contributed by atoms with Gasteiger partial charge in [0.2, 0.25) is 0 Å². The highest BCUT2D eigenvalue weighted by molar-refractivity contribution is 8.04. The number of nitrogens with zero attached hydrogens (tertiary/aromatic N) is 1. The molecule has 0 atom stereocenters. The number of benzene rings is 2. The third-order valence-electron chi connectivity index (χ3n) is 4.89. The summed E-state index contributed by atoms with van der Waals surface area (Å²) in [5.41, 5.74) is 2.65. The smallest absolute Gasteiger partial charge is 0.206 e. The van der Waals surface area contributed by atoms with E-state index in [2.05, 4.69) is 0 Å². The normalized spacial score (nSPS) is 15.5. The van der Waals surface area contributed by atoms with Gasteiger partial charge in [0.15, 0.2) is 0 Å². The van der Waals surface area contributed by atoms with Crippen molar-refractivity contribution in [3.05, 3.63) is 71.3 Å². The molecule has 0 fully saturated rings. The van der Waals surface area contributed by atoms with Crippen LogP contribution in [-0.2, 0) is 20.0 Å². The van der Waals surface area contributed by atoms with Gasteiger partial charge in [-0.1, -0.05) is 50.8 Å². The van der Waals surface area contributed by atoms with Crippen LogP contribution in [0.15, 0.2) is 70.0 Å². The minimum absolute atomic E-state index is 0.0230. The lowest BCUT2D eigenvalue weighted by Crippen LogP contribution is -2.38. The molecule has 0 radical (unpaired) electrons. The molecule has 0 saturated carbocycles. The van der Waals surface area contributed by atoms with E-state index in [1.165, 1.54) is 24.3 Å². The molecule has 28 heavy (non-hydrogen) atoms. The van der Waals surface area contributed by atoms with Crippen LogP contribution in [0.25, 0.3) is 0 Å². The van der Waals surface area contributed by atoms with Crippen LogP contribution in [0.4, 0.5) is 0 Å². The highest BCUT2D eigenvalue weighted by Gasteiger charge is 2.37. The van der Waals surface area contributed by atoms with E-state index in [-0.39, 0.29) is 16.3 Å². The van der Waals surface area contributed by atoms with E-state index in [0.29, 0.717) is 10.1 Å². The van der Waals surface area contributed by atoms with Crippen molar-refractivity contribution in [1.29, 1.82) is 0 Å². The number of hydrogen-bond donors (Lipinski definition) is 0. The zero-order chi connectivity index (χ0) is 20.4. The van der Waals surface area contributed by atoms with E-state index >= 15 is 0 Å². The number of allylic oxidation sites excluding steroid dienone is 1. The zero-order valence-corrected chi connectivity index (χ0v) is 17.8. The summed E-state index contributed by atoms with van der Waals surface area (Å²) in [5.74, 6) is 0. The molecule has 0 aliphatic heterocycles. The van der Waals surface area contributed by atoms with Crippen molar-refractivity contribution in [2.75, 3.05) is 6.54 Å². The maximum Gasteiger partial charge on any atom is 0.256 e. The molecule has 0 bridgehead atoms. The Morgan fingerprint density at radius 3 is 1.61 bits per heavy atom. The lowest BCUT2D eigenvalue weighted by Gasteiger charge is -2.24. The van der Waals surface area contributed by atoms with Gasteiger partial charge < -0.3 is 0 Å². The second-order valence-corrected chi connectivity index (χ2v) is 11.1. The fourth-order valence-electron chi connectivity index (χ4n) is 3.17. The van der Waals surface area contributed by atoms with Crippen molar-refractivity contribution < 1.29 is 16.8 Å². The molecule has 1 aliphatic carbocycles. The average molecular weight is 420 g/mol. The highest BCUT2D eigenvalue weighted by Crippen LogP contribution is 2.28. The van der Waals surface area contributed by atoms with Crippen molar-refractivity contribution in [3.63, 3.8) is 0 Å². The Hall–Kier alpha value is -1.96. The summed E-state index contributed by atoms with van der Waals surface area (Å²) in [6.45, 7) is 3.56. The molecule has 3 rings (SSSR count). The van der Waals surface area contributed by atoms with E-state index < -0.39 is 20.0 Å². The van der Waals surface area contributed by atoms with Crippen LogP contribution >= 0.6 is 0 Å². The Kier molecular flexibility index (Phi) is 6.07. The summed E-state index contributed by atoms with van der Waals surface area (Å²) in [7, 11) is -8.46. The molecular weight excluding hydrogens is 394 g/mol. The molecule has 5 nitrogen and oxygen atoms in total. The molecule has 2 aromatic carbocycles. The summed E-state index contributed by atoms with van der Waals surface area (Å²) in [6.07, 6.45) is 5.50. The lowest BCUT2D eigenvalue weighted by atomic mass is 10.00. The first-order valence-corrected chi connectivity index (χ1v) is 12.2. The third kappa shape index (κ3) is 4.37. The van der Waals surface area contributed by atoms with Crippen molar-refractivity contribution in [2.24, 2.45) is 0 Å². The van der Waals surface area contributed by atoms with E-state index in [0.717, 1.165) is 36.0 Å². The summed E-state index contributed by atoms with van der Waals surface area (Å²) in [6, 6.07) is 12.5. The maximum absolute atomic E-state index is 13.3. The van der Waals surface area contributed by atoms with Gasteiger partial charge in [-0.25, -0.2) is 16.8 Å². The first-order chi connectivity index (χ1) is 13.2. The molecule has 0 unspecified atom stereocenters. The molecule has 1 aliphatic rings. The molecule has 0 amide bonds. The molecule has 0 saturated heterocycles. The van der Waals surface area contributed by atoms with Gasteiger partial charge in [0, 0.05) is 0 Å². The fourth-order valence-corrected chi connectivity index (χ4v) is 6.82. The second-order valence-electron chi connectivity index (χ2n) is 7.18. The van der Waals surface area contributed by atoms with Crippen LogP contribution in [0, 0.1) is 13.8 Å². The Bertz CT molecular complexity index is 993. The van der Waals surface area contributed by atoms with Gasteiger partial charge in [-0.15, -0.1) is 0 Å². The standard InChI is InChI=1S/C21H25NO4S2/c1-17-8-12-20(13-9-17)27(23,24)22(16-19-6-4-3-5-7-19)28(25,26)21-14-10-18(2)11-15-21/h6,8-15H,3-5,7,16H2,1-2H3. The average Bonchev–Trinajstić information content (AvgIpc) is 2.67. The first-order valence-electron chi connectivity index (χ1n) is 9.30. The summed E-state index contributed by atoms with van der Waals surface area (Å²) in [5, 5.41) is 0. The minimum Gasteiger partial charge on any atom is -0.206 e. The third-order valence-corrected chi connectivity index (χ3v) is 9.13. The van der Waals surface area contributed by atoms with Crippen LogP contribution in [0.5, 0.6) is 0 Å². The van der Waals surface area contributed by atoms with E-state index in [1.54, 1.807) is 24.3 Å². The molecule has 7 heteroatoms. The lowest BCUT2D eigenvalue weighted by molar-refractivity contribution is 0.503. The van der Waals surface area contributed by atoms with Gasteiger partial charge in [0.25, 0.3) is 20.0 Å². The monoisotopic (exact) mass is 419 g/mol. The predicted molar refractivity (Wildman–Crippen MR) is 110 cm³/mol. The quantitative estimate of drug-likeness (QED) is 0.659. The maximum atomic E-state index is 13.3. The molecule has 0 spiro atoms. The Balaban J connectivity index is 2.10. The number of rotatable bonds is 6. The van der Waals surface area contributed by atoms with Crippen LogP contribution in [0.2, 0.25) is 0 Å². The molecule has 0 N–H and O–H groups in total. The number of aryl methyl sites for hydroxylation is 2. The van der Waals surface area contributed by atoms with Crippen LogP contribution in [0.3, 0.4) is 0 Å². The van der Waals surface area contributed by atoms with E-state index in [1.807, 2.05) is 19.9 Å². The van der Waals surface area contributed by atoms with Crippen molar-refractivity contribution in [1.82, 2.24) is 3.71 Å². The summed E-state index contributed by atoms with van der Waals surface area (Å²) >= 11 is 0. The Morgan fingerprint density at radius 1 is 0.750 bits per heavy atom. The highest BCUT2D eigenvalue weighted by atomic mass is 32.3. The van der Waals surface area contributed by atoms with Gasteiger partial charge in [-0.3, -0.25) is 0 Å². The van der Waals surface area contributed by atoms with Gasteiger partial charge in [0.05, 0.1) is 16.3 Å².